The number of nitrogens with one attached hydrogen (secondary N) is 1. The first-order valence-corrected chi connectivity index (χ1v) is 21.4. The average molecular weight is 791 g/mol. The Morgan fingerprint density at radius 3 is 1.96 bits per heavy atom. The van der Waals surface area contributed by atoms with Gasteiger partial charge in [-0.3, -0.25) is 18.8 Å². The summed E-state index contributed by atoms with van der Waals surface area (Å²) in [5.41, 5.74) is 3.81. The number of imidazole rings is 1. The molecule has 6 aromatic rings. The molecule has 3 unspecified atom stereocenters. The van der Waals surface area contributed by atoms with Crippen LogP contribution < -0.4 is 5.32 Å². The van der Waals surface area contributed by atoms with Crippen LogP contribution in [0.3, 0.4) is 0 Å². The molecule has 0 bridgehead atoms. The molecule has 12 nitrogen and oxygen atoms in total. The minimum absolute atomic E-state index is 0.0176. The second kappa shape index (κ2) is 16.8. The maximum atomic E-state index is 14.0. The number of fused-ring (bicyclic) bond motifs is 1. The molecule has 288 valence electrons. The van der Waals surface area contributed by atoms with E-state index in [9.17, 15) is 9.36 Å². The van der Waals surface area contributed by atoms with Gasteiger partial charge >= 0.3 is 6.87 Å². The number of hydrogen-bond acceptors (Lipinski definition) is 9. The van der Waals surface area contributed by atoms with Crippen LogP contribution in [-0.2, 0) is 19.4 Å². The summed E-state index contributed by atoms with van der Waals surface area (Å²) in [5, 5.41) is 2.91. The van der Waals surface area contributed by atoms with Gasteiger partial charge in [-0.05, 0) is 46.6 Å². The number of nitrogens with zero attached hydrogens (tertiary/aromatic N) is 7. The normalized spacial score (nSPS) is 19.8. The van der Waals surface area contributed by atoms with Crippen LogP contribution >= 0.6 is 18.1 Å². The Kier molecular flexibility index (Phi) is 11.4. The van der Waals surface area contributed by atoms with E-state index in [1.807, 2.05) is 28.8 Å². The van der Waals surface area contributed by atoms with Gasteiger partial charge < -0.3 is 19.5 Å². The smallest absolute Gasteiger partial charge is 0.350 e. The summed E-state index contributed by atoms with van der Waals surface area (Å²) in [6.45, 7) is 2.81. The Labute approximate surface area is 331 Å². The maximum Gasteiger partial charge on any atom is 0.363 e. The molecule has 2 aliphatic heterocycles. The van der Waals surface area contributed by atoms with Gasteiger partial charge in [-0.2, -0.15) is 0 Å². The first kappa shape index (κ1) is 38.1. The van der Waals surface area contributed by atoms with Crippen molar-refractivity contribution in [3.63, 3.8) is 0 Å². The highest BCUT2D eigenvalue weighted by molar-refractivity contribution is 7.83. The molecule has 2 saturated heterocycles. The molecule has 56 heavy (non-hydrogen) atoms. The molecule has 1 amide bonds. The van der Waals surface area contributed by atoms with Crippen molar-refractivity contribution in [3.05, 3.63) is 156 Å². The number of amides is 1. The third-order valence-electron chi connectivity index (χ3n) is 10.7. The zero-order chi connectivity index (χ0) is 38.5. The second-order valence-corrected chi connectivity index (χ2v) is 16.9. The molecule has 14 heteroatoms. The van der Waals surface area contributed by atoms with Crippen LogP contribution in [0.1, 0.15) is 40.2 Å². The predicted molar refractivity (Wildman–Crippen MR) is 218 cm³/mol. The predicted octanol–water partition coefficient (Wildman–Crippen LogP) is 7.27. The van der Waals surface area contributed by atoms with E-state index in [-0.39, 0.29) is 18.3 Å². The number of aromatic nitrogens is 4. The van der Waals surface area contributed by atoms with Gasteiger partial charge in [-0.25, -0.2) is 19.6 Å². The molecule has 3 atom stereocenters. The van der Waals surface area contributed by atoms with Crippen LogP contribution in [0.2, 0.25) is 0 Å². The molecule has 4 aromatic carbocycles. The van der Waals surface area contributed by atoms with Crippen LogP contribution in [0.25, 0.3) is 11.2 Å². The summed E-state index contributed by atoms with van der Waals surface area (Å²) in [7, 11) is 0. The van der Waals surface area contributed by atoms with Gasteiger partial charge in [0.15, 0.2) is 17.0 Å². The van der Waals surface area contributed by atoms with Gasteiger partial charge in [0.2, 0.25) is 0 Å². The van der Waals surface area contributed by atoms with Crippen molar-refractivity contribution in [1.82, 2.24) is 34.0 Å². The maximum absolute atomic E-state index is 14.0. The minimum atomic E-state index is -3.67. The lowest BCUT2D eigenvalue weighted by Gasteiger charge is -2.50. The number of ether oxygens (including phenoxy) is 1. The molecule has 0 radical (unpaired) electrons. The van der Waals surface area contributed by atoms with E-state index in [2.05, 4.69) is 105 Å². The summed E-state index contributed by atoms with van der Waals surface area (Å²) >= 11 is 6.76. The number of carbonyl (C=O) groups excluding carboxylic acids is 1. The number of anilines is 1. The molecule has 2 aliphatic rings. The van der Waals surface area contributed by atoms with Crippen molar-refractivity contribution in [1.29, 1.82) is 0 Å². The third-order valence-corrected chi connectivity index (χ3v) is 13.2. The molecule has 0 spiro atoms. The lowest BCUT2D eigenvalue weighted by atomic mass is 9.75. The standard InChI is InChI=1S/C42H44ClN8O4P/c1-2-48-23-25-50(26-24-48)56(43,53)54-29-36-27-49(42(33-17-9-4-10-18-33,34-19-11-5-12-20-34)35-21-13-6-14-22-35)28-37(55-36)51-31-46-38-39(44-30-45-40(38)51)47-41(52)32-15-7-3-8-16-32/h3-22,30-31,36-37H,2,23-29H2,1H3,(H,44,45,47,52). The Hall–Kier alpha value is -4.78. The first-order valence-electron chi connectivity index (χ1n) is 18.9. The zero-order valence-corrected chi connectivity index (χ0v) is 32.8. The Morgan fingerprint density at radius 2 is 1.39 bits per heavy atom. The zero-order valence-electron chi connectivity index (χ0n) is 31.1. The molecular formula is C42H44ClN8O4P. The molecule has 1 N–H and O–H groups in total. The summed E-state index contributed by atoms with van der Waals surface area (Å²) in [4.78, 5) is 31.6. The third kappa shape index (κ3) is 7.66. The van der Waals surface area contributed by atoms with E-state index < -0.39 is 24.7 Å². The van der Waals surface area contributed by atoms with Crippen molar-refractivity contribution < 1.29 is 18.6 Å². The number of carbonyl (C=O) groups is 1. The van der Waals surface area contributed by atoms with Crippen LogP contribution in [0, 0.1) is 0 Å². The molecular weight excluding hydrogens is 747 g/mol. The Balaban J connectivity index is 1.19. The minimum Gasteiger partial charge on any atom is -0.350 e. The summed E-state index contributed by atoms with van der Waals surface area (Å²) in [6.07, 6.45) is 1.85. The quantitative estimate of drug-likeness (QED) is 0.100. The SMILES string of the molecule is CCN1CCN(P(=O)(Cl)OCC2CN(C(c3ccccc3)(c3ccccc3)c3ccccc3)CC(n3cnc4c(NC(=O)c5ccccc5)ncnc43)O2)CC1. The highest BCUT2D eigenvalue weighted by Gasteiger charge is 2.47. The van der Waals surface area contributed by atoms with Gasteiger partial charge in [-0.1, -0.05) is 116 Å². The number of morpholine rings is 1. The van der Waals surface area contributed by atoms with Crippen LogP contribution in [-0.4, -0.2) is 98.4 Å². The highest BCUT2D eigenvalue weighted by Crippen LogP contribution is 2.56. The number of piperazine rings is 1. The monoisotopic (exact) mass is 790 g/mol. The van der Waals surface area contributed by atoms with Crippen LogP contribution in [0.4, 0.5) is 5.82 Å². The lowest BCUT2D eigenvalue weighted by molar-refractivity contribution is -0.145. The van der Waals surface area contributed by atoms with E-state index in [0.717, 1.165) is 36.3 Å². The lowest BCUT2D eigenvalue weighted by Crippen LogP contribution is -2.57. The molecule has 0 aliphatic carbocycles. The van der Waals surface area contributed by atoms with E-state index >= 15 is 0 Å². The van der Waals surface area contributed by atoms with Crippen molar-refractivity contribution >= 4 is 41.0 Å². The Morgan fingerprint density at radius 1 is 0.821 bits per heavy atom. The van der Waals surface area contributed by atoms with Crippen molar-refractivity contribution in [2.45, 2.75) is 24.8 Å². The molecule has 2 fully saturated rings. The van der Waals surface area contributed by atoms with E-state index in [4.69, 9.17) is 25.5 Å². The van der Waals surface area contributed by atoms with Crippen LogP contribution in [0.15, 0.2) is 134 Å². The number of benzene rings is 4. The Bertz CT molecular complexity index is 2180. The largest absolute Gasteiger partial charge is 0.363 e. The number of hydrogen-bond donors (Lipinski definition) is 1. The van der Waals surface area contributed by atoms with Crippen molar-refractivity contribution in [3.8, 4) is 0 Å². The van der Waals surface area contributed by atoms with E-state index in [1.54, 1.807) is 35.3 Å². The number of rotatable bonds is 12. The molecule has 8 rings (SSSR count). The topological polar surface area (TPSA) is 118 Å². The van der Waals surface area contributed by atoms with Crippen LogP contribution in [0.5, 0.6) is 0 Å². The fraction of sp³-hybridized carbons (Fsp3) is 0.286. The second-order valence-electron chi connectivity index (χ2n) is 13.9. The molecule has 0 saturated carbocycles. The molecule has 4 heterocycles. The van der Waals surface area contributed by atoms with Gasteiger partial charge in [0.05, 0.1) is 24.6 Å². The first-order chi connectivity index (χ1) is 27.4. The van der Waals surface area contributed by atoms with Gasteiger partial charge in [-0.15, -0.1) is 0 Å². The highest BCUT2D eigenvalue weighted by atomic mass is 35.7. The van der Waals surface area contributed by atoms with Crippen molar-refractivity contribution in [2.24, 2.45) is 0 Å². The summed E-state index contributed by atoms with van der Waals surface area (Å²) < 4.78 is 30.7. The number of halogens is 1. The summed E-state index contributed by atoms with van der Waals surface area (Å²) in [6, 6.07) is 40.3. The van der Waals surface area contributed by atoms with E-state index in [0.29, 0.717) is 42.9 Å². The number of likely N-dealkylation sites (N-methyl/N-ethyl adjacent to an activating group) is 1. The van der Waals surface area contributed by atoms with Gasteiger partial charge in [0.25, 0.3) is 5.91 Å². The van der Waals surface area contributed by atoms with E-state index in [1.165, 1.54) is 6.33 Å². The molecule has 2 aromatic heterocycles. The fourth-order valence-electron chi connectivity index (χ4n) is 7.89. The van der Waals surface area contributed by atoms with Gasteiger partial charge in [0, 0.05) is 44.8 Å². The fourth-order valence-corrected chi connectivity index (χ4v) is 9.69. The van der Waals surface area contributed by atoms with Gasteiger partial charge in [0.1, 0.15) is 12.6 Å². The summed E-state index contributed by atoms with van der Waals surface area (Å²) in [5.74, 6) is -0.0222. The van der Waals surface area contributed by atoms with Crippen molar-refractivity contribution in [2.75, 3.05) is 57.7 Å². The average Bonchev–Trinajstić information content (AvgIpc) is 3.70.